The van der Waals surface area contributed by atoms with Gasteiger partial charge in [0.15, 0.2) is 0 Å². The van der Waals surface area contributed by atoms with Crippen LogP contribution < -0.4 is 10.1 Å². The van der Waals surface area contributed by atoms with Crippen molar-refractivity contribution in [2.24, 2.45) is 0 Å². The Hall–Kier alpha value is -1.81. The molecule has 0 saturated heterocycles. The van der Waals surface area contributed by atoms with Crippen LogP contribution in [0.1, 0.15) is 31.9 Å². The van der Waals surface area contributed by atoms with Crippen LogP contribution in [0.2, 0.25) is 5.02 Å². The van der Waals surface area contributed by atoms with Crippen molar-refractivity contribution < 1.29 is 4.74 Å². The van der Waals surface area contributed by atoms with Gasteiger partial charge in [0.1, 0.15) is 12.1 Å². The van der Waals surface area contributed by atoms with Crippen molar-refractivity contribution in [3.63, 3.8) is 0 Å². The summed E-state index contributed by atoms with van der Waals surface area (Å²) >= 11 is 6.19. The lowest BCUT2D eigenvalue weighted by molar-refractivity contribution is 0.305. The normalized spacial score (nSPS) is 11.9. The minimum absolute atomic E-state index is 0.0534. The first-order valence-corrected chi connectivity index (χ1v) is 7.04. The van der Waals surface area contributed by atoms with E-state index >= 15 is 0 Å². The Kier molecular flexibility index (Phi) is 5.18. The summed E-state index contributed by atoms with van der Waals surface area (Å²) in [6.45, 7) is 4.74. The van der Waals surface area contributed by atoms with Gasteiger partial charge in [-0.2, -0.15) is 0 Å². The predicted octanol–water partition coefficient (Wildman–Crippen LogP) is 4.09. The highest BCUT2D eigenvalue weighted by molar-refractivity contribution is 6.31. The Morgan fingerprint density at radius 3 is 2.85 bits per heavy atom. The second-order valence-electron chi connectivity index (χ2n) is 4.48. The molecule has 2 aromatic rings. The fourth-order valence-electron chi connectivity index (χ4n) is 1.83. The van der Waals surface area contributed by atoms with Crippen LogP contribution >= 0.6 is 11.6 Å². The van der Waals surface area contributed by atoms with E-state index in [9.17, 15) is 0 Å². The van der Waals surface area contributed by atoms with Crippen LogP contribution in [0.3, 0.4) is 0 Å². The Balaban J connectivity index is 2.08. The molecule has 20 heavy (non-hydrogen) atoms. The number of rotatable bonds is 6. The number of halogens is 1. The van der Waals surface area contributed by atoms with Crippen LogP contribution in [0, 0.1) is 0 Å². The highest BCUT2D eigenvalue weighted by Gasteiger charge is 2.10. The molecule has 2 rings (SSSR count). The van der Waals surface area contributed by atoms with Crippen LogP contribution in [0.4, 0.5) is 5.82 Å². The van der Waals surface area contributed by atoms with Gasteiger partial charge in [0.2, 0.25) is 5.88 Å². The van der Waals surface area contributed by atoms with Crippen molar-refractivity contribution in [1.82, 2.24) is 9.97 Å². The molecule has 0 spiro atoms. The highest BCUT2D eigenvalue weighted by atomic mass is 35.5. The van der Waals surface area contributed by atoms with Gasteiger partial charge in [-0.25, -0.2) is 9.97 Å². The summed E-state index contributed by atoms with van der Waals surface area (Å²) in [5.41, 5.74) is 1.03. The number of anilines is 1. The number of hydrogen-bond acceptors (Lipinski definition) is 4. The average Bonchev–Trinajstić information content (AvgIpc) is 2.46. The molecule has 0 bridgehead atoms. The molecular formula is C15H18ClN3O. The first-order valence-electron chi connectivity index (χ1n) is 6.66. The lowest BCUT2D eigenvalue weighted by atomic mass is 10.1. The predicted molar refractivity (Wildman–Crippen MR) is 81.3 cm³/mol. The standard InChI is InChI=1S/C15H18ClN3O/c1-3-8-20-15-9-14(17-10-18-15)19-11(2)12-6-4-5-7-13(12)16/h4-7,9-11H,3,8H2,1-2H3,(H,17,18,19). The van der Waals surface area contributed by atoms with E-state index in [1.165, 1.54) is 6.33 Å². The Morgan fingerprint density at radius 1 is 1.30 bits per heavy atom. The molecule has 1 aromatic carbocycles. The van der Waals surface area contributed by atoms with Gasteiger partial charge in [-0.3, -0.25) is 0 Å². The fraction of sp³-hybridized carbons (Fsp3) is 0.333. The molecule has 1 aromatic heterocycles. The summed E-state index contributed by atoms with van der Waals surface area (Å²) < 4.78 is 5.49. The van der Waals surface area contributed by atoms with Crippen LogP contribution in [-0.2, 0) is 0 Å². The quantitative estimate of drug-likeness (QED) is 0.871. The third kappa shape index (κ3) is 3.84. The van der Waals surface area contributed by atoms with E-state index in [1.54, 1.807) is 6.07 Å². The van der Waals surface area contributed by atoms with Crippen LogP contribution in [0.25, 0.3) is 0 Å². The third-order valence-electron chi connectivity index (χ3n) is 2.83. The summed E-state index contributed by atoms with van der Waals surface area (Å²) in [7, 11) is 0. The molecule has 0 aliphatic carbocycles. The van der Waals surface area contributed by atoms with Gasteiger partial charge in [-0.15, -0.1) is 0 Å². The van der Waals surface area contributed by atoms with Crippen molar-refractivity contribution >= 4 is 17.4 Å². The van der Waals surface area contributed by atoms with Crippen molar-refractivity contribution in [3.8, 4) is 5.88 Å². The zero-order valence-corrected chi connectivity index (χ0v) is 12.4. The zero-order valence-electron chi connectivity index (χ0n) is 11.6. The zero-order chi connectivity index (χ0) is 14.4. The van der Waals surface area contributed by atoms with E-state index in [1.807, 2.05) is 31.2 Å². The largest absolute Gasteiger partial charge is 0.478 e. The number of aromatic nitrogens is 2. The molecule has 1 N–H and O–H groups in total. The maximum absolute atomic E-state index is 6.19. The van der Waals surface area contributed by atoms with E-state index in [4.69, 9.17) is 16.3 Å². The molecule has 0 amide bonds. The summed E-state index contributed by atoms with van der Waals surface area (Å²) in [5, 5.41) is 4.04. The Morgan fingerprint density at radius 2 is 2.10 bits per heavy atom. The van der Waals surface area contributed by atoms with Crippen molar-refractivity contribution in [2.75, 3.05) is 11.9 Å². The van der Waals surface area contributed by atoms with Crippen molar-refractivity contribution in [1.29, 1.82) is 0 Å². The number of ether oxygens (including phenoxy) is 1. The lowest BCUT2D eigenvalue weighted by Crippen LogP contribution is -2.09. The maximum Gasteiger partial charge on any atom is 0.218 e. The fourth-order valence-corrected chi connectivity index (χ4v) is 2.13. The lowest BCUT2D eigenvalue weighted by Gasteiger charge is -2.16. The van der Waals surface area contributed by atoms with Crippen LogP contribution in [0.15, 0.2) is 36.7 Å². The number of nitrogens with one attached hydrogen (secondary N) is 1. The van der Waals surface area contributed by atoms with Gasteiger partial charge < -0.3 is 10.1 Å². The Bertz CT molecular complexity index is 562. The van der Waals surface area contributed by atoms with Crippen LogP contribution in [0.5, 0.6) is 5.88 Å². The second-order valence-corrected chi connectivity index (χ2v) is 4.88. The smallest absolute Gasteiger partial charge is 0.218 e. The molecule has 0 radical (unpaired) electrons. The molecule has 0 aliphatic rings. The molecule has 0 saturated carbocycles. The minimum atomic E-state index is 0.0534. The van der Waals surface area contributed by atoms with Gasteiger partial charge in [0.05, 0.1) is 12.6 Å². The molecular weight excluding hydrogens is 274 g/mol. The second kappa shape index (κ2) is 7.10. The van der Waals surface area contributed by atoms with E-state index in [-0.39, 0.29) is 6.04 Å². The van der Waals surface area contributed by atoms with Gasteiger partial charge >= 0.3 is 0 Å². The highest BCUT2D eigenvalue weighted by Crippen LogP contribution is 2.25. The average molecular weight is 292 g/mol. The molecule has 0 aliphatic heterocycles. The summed E-state index contributed by atoms with van der Waals surface area (Å²) in [6, 6.07) is 9.61. The minimum Gasteiger partial charge on any atom is -0.478 e. The van der Waals surface area contributed by atoms with Gasteiger partial charge in [0.25, 0.3) is 0 Å². The SMILES string of the molecule is CCCOc1cc(NC(C)c2ccccc2Cl)ncn1. The van der Waals surface area contributed by atoms with Gasteiger partial charge in [0, 0.05) is 11.1 Å². The molecule has 5 heteroatoms. The van der Waals surface area contributed by atoms with E-state index in [2.05, 4.69) is 22.2 Å². The van der Waals surface area contributed by atoms with E-state index in [0.717, 1.165) is 22.8 Å². The molecule has 106 valence electrons. The Labute approximate surface area is 124 Å². The number of nitrogens with zero attached hydrogens (tertiary/aromatic N) is 2. The molecule has 1 unspecified atom stereocenters. The molecule has 0 fully saturated rings. The van der Waals surface area contributed by atoms with Gasteiger partial charge in [-0.1, -0.05) is 36.7 Å². The number of hydrogen-bond donors (Lipinski definition) is 1. The monoisotopic (exact) mass is 291 g/mol. The summed E-state index contributed by atoms with van der Waals surface area (Å²) in [6.07, 6.45) is 2.44. The topological polar surface area (TPSA) is 47.0 Å². The molecule has 4 nitrogen and oxygen atoms in total. The first kappa shape index (κ1) is 14.6. The third-order valence-corrected chi connectivity index (χ3v) is 3.18. The summed E-state index contributed by atoms with van der Waals surface area (Å²) in [4.78, 5) is 8.27. The van der Waals surface area contributed by atoms with Crippen molar-refractivity contribution in [2.45, 2.75) is 26.3 Å². The van der Waals surface area contributed by atoms with E-state index < -0.39 is 0 Å². The first-order chi connectivity index (χ1) is 9.70. The van der Waals surface area contributed by atoms with Crippen LogP contribution in [-0.4, -0.2) is 16.6 Å². The molecule has 1 heterocycles. The number of benzene rings is 1. The summed E-state index contributed by atoms with van der Waals surface area (Å²) in [5.74, 6) is 1.30. The van der Waals surface area contributed by atoms with Gasteiger partial charge in [-0.05, 0) is 25.0 Å². The molecule has 1 atom stereocenters. The van der Waals surface area contributed by atoms with E-state index in [0.29, 0.717) is 12.5 Å². The van der Waals surface area contributed by atoms with Crippen molar-refractivity contribution in [3.05, 3.63) is 47.2 Å². The maximum atomic E-state index is 6.19.